The van der Waals surface area contributed by atoms with Crippen molar-refractivity contribution in [3.8, 4) is 0 Å². The molecule has 3 fully saturated rings. The predicted molar refractivity (Wildman–Crippen MR) is 88.0 cm³/mol. The summed E-state index contributed by atoms with van der Waals surface area (Å²) in [6, 6.07) is 6.89. The summed E-state index contributed by atoms with van der Waals surface area (Å²) in [5.41, 5.74) is 0.625. The van der Waals surface area contributed by atoms with Crippen molar-refractivity contribution in [2.75, 3.05) is 4.90 Å². The van der Waals surface area contributed by atoms with Crippen molar-refractivity contribution < 1.29 is 9.59 Å². The van der Waals surface area contributed by atoms with Gasteiger partial charge in [-0.25, -0.2) is 0 Å². The quantitative estimate of drug-likeness (QED) is 0.501. The zero-order valence-corrected chi connectivity index (χ0v) is 14.8. The molecule has 0 aromatic heterocycles. The van der Waals surface area contributed by atoms with Crippen molar-refractivity contribution in [2.24, 2.45) is 23.7 Å². The van der Waals surface area contributed by atoms with Crippen LogP contribution in [0.25, 0.3) is 0 Å². The summed E-state index contributed by atoms with van der Waals surface area (Å²) in [4.78, 5) is 27.4. The third-order valence-corrected chi connectivity index (χ3v) is 8.53. The smallest absolute Gasteiger partial charge is 0.238 e. The Kier molecular flexibility index (Phi) is 3.25. The summed E-state index contributed by atoms with van der Waals surface area (Å²) in [5, 5.41) is 0.596. The van der Waals surface area contributed by atoms with E-state index in [1.54, 1.807) is 24.3 Å². The van der Waals surface area contributed by atoms with Gasteiger partial charge in [0.15, 0.2) is 0 Å². The number of alkyl halides is 2. The molecule has 1 aromatic carbocycles. The van der Waals surface area contributed by atoms with E-state index in [0.29, 0.717) is 10.7 Å². The topological polar surface area (TPSA) is 37.4 Å². The second-order valence-electron chi connectivity index (χ2n) is 5.99. The first kappa shape index (κ1) is 14.2. The number of imide groups is 1. The molecule has 2 bridgehead atoms. The zero-order chi connectivity index (χ0) is 14.9. The average Bonchev–Trinajstić information content (AvgIpc) is 3.06. The monoisotopic (exact) mass is 431 g/mol. The summed E-state index contributed by atoms with van der Waals surface area (Å²) in [6.07, 6.45) is 0.951. The molecule has 1 saturated heterocycles. The molecule has 110 valence electrons. The molecule has 1 aliphatic heterocycles. The first-order valence-corrected chi connectivity index (χ1v) is 9.13. The van der Waals surface area contributed by atoms with Crippen LogP contribution in [0.5, 0.6) is 0 Å². The molecule has 0 spiro atoms. The van der Waals surface area contributed by atoms with Crippen LogP contribution in [0.3, 0.4) is 0 Å². The molecule has 2 amide bonds. The lowest BCUT2D eigenvalue weighted by Gasteiger charge is -2.28. The number of rotatable bonds is 1. The van der Waals surface area contributed by atoms with Gasteiger partial charge < -0.3 is 0 Å². The van der Waals surface area contributed by atoms with E-state index in [2.05, 4.69) is 31.9 Å². The maximum Gasteiger partial charge on any atom is 0.238 e. The number of halogens is 3. The Bertz CT molecular complexity index is 603. The van der Waals surface area contributed by atoms with E-state index in [0.717, 1.165) is 6.42 Å². The molecule has 4 rings (SSSR count). The zero-order valence-electron chi connectivity index (χ0n) is 10.9. The highest BCUT2D eigenvalue weighted by Gasteiger charge is 2.66. The highest BCUT2D eigenvalue weighted by molar-refractivity contribution is 9.12. The summed E-state index contributed by atoms with van der Waals surface area (Å²) in [6.45, 7) is 0. The van der Waals surface area contributed by atoms with Gasteiger partial charge in [-0.3, -0.25) is 14.5 Å². The number of hydrogen-bond acceptors (Lipinski definition) is 2. The molecule has 2 aliphatic carbocycles. The Labute approximate surface area is 144 Å². The van der Waals surface area contributed by atoms with Crippen molar-refractivity contribution in [2.45, 2.75) is 16.1 Å². The summed E-state index contributed by atoms with van der Waals surface area (Å²) < 4.78 is 0. The van der Waals surface area contributed by atoms with Crippen LogP contribution in [0.2, 0.25) is 5.02 Å². The molecule has 1 heterocycles. The van der Waals surface area contributed by atoms with Gasteiger partial charge >= 0.3 is 0 Å². The van der Waals surface area contributed by atoms with Crippen molar-refractivity contribution in [3.63, 3.8) is 0 Å². The molecule has 1 aromatic rings. The lowest BCUT2D eigenvalue weighted by atomic mass is 9.81. The highest BCUT2D eigenvalue weighted by Crippen LogP contribution is 2.60. The maximum atomic E-state index is 12.8. The standard InChI is InChI=1S/C15H12Br2ClNO2/c16-12-8-5-9(13(12)17)11-10(8)14(20)19(15(11)21)7-3-1-6(18)2-4-7/h1-4,8-13H,5H2/t8-,9-,10-,11-,12-,13+/m1/s1. The second kappa shape index (κ2) is 4.80. The number of fused-ring (bicyclic) bond motifs is 5. The van der Waals surface area contributed by atoms with Gasteiger partial charge in [-0.1, -0.05) is 43.5 Å². The fourth-order valence-electron chi connectivity index (χ4n) is 4.19. The van der Waals surface area contributed by atoms with E-state index in [-0.39, 0.29) is 45.1 Å². The van der Waals surface area contributed by atoms with Gasteiger partial charge in [0.1, 0.15) is 0 Å². The second-order valence-corrected chi connectivity index (χ2v) is 8.54. The fraction of sp³-hybridized carbons (Fsp3) is 0.467. The van der Waals surface area contributed by atoms with Gasteiger partial charge in [0.25, 0.3) is 0 Å². The van der Waals surface area contributed by atoms with Crippen LogP contribution in [-0.4, -0.2) is 21.5 Å². The van der Waals surface area contributed by atoms with Crippen molar-refractivity contribution >= 4 is 61.0 Å². The highest BCUT2D eigenvalue weighted by atomic mass is 79.9. The van der Waals surface area contributed by atoms with E-state index < -0.39 is 0 Å². The summed E-state index contributed by atoms with van der Waals surface area (Å²) in [5.74, 6) is 0.0521. The number of nitrogens with zero attached hydrogens (tertiary/aromatic N) is 1. The molecule has 0 N–H and O–H groups in total. The Morgan fingerprint density at radius 2 is 1.43 bits per heavy atom. The predicted octanol–water partition coefficient (Wildman–Crippen LogP) is 3.62. The molecular weight excluding hydrogens is 421 g/mol. The van der Waals surface area contributed by atoms with E-state index in [4.69, 9.17) is 11.6 Å². The SMILES string of the molecule is O=C1[C@@H]2[C@H]3C[C@@H]([C@@H](Br)[C@H]3Br)[C@H]2C(=O)N1c1ccc(Cl)cc1. The number of benzene rings is 1. The van der Waals surface area contributed by atoms with Gasteiger partial charge in [-0.15, -0.1) is 0 Å². The molecule has 0 unspecified atom stereocenters. The number of carbonyl (C=O) groups excluding carboxylic acids is 2. The third-order valence-electron chi connectivity index (χ3n) is 5.07. The molecule has 3 nitrogen and oxygen atoms in total. The first-order chi connectivity index (χ1) is 10.0. The normalized spacial score (nSPS) is 41.0. The molecule has 6 heteroatoms. The van der Waals surface area contributed by atoms with Crippen molar-refractivity contribution in [1.82, 2.24) is 0 Å². The van der Waals surface area contributed by atoms with Crippen LogP contribution >= 0.6 is 43.5 Å². The number of carbonyl (C=O) groups is 2. The average molecular weight is 434 g/mol. The van der Waals surface area contributed by atoms with Gasteiger partial charge in [-0.05, 0) is 42.5 Å². The van der Waals surface area contributed by atoms with E-state index in [9.17, 15) is 9.59 Å². The lowest BCUT2D eigenvalue weighted by Crippen LogP contribution is -2.37. The molecule has 2 saturated carbocycles. The van der Waals surface area contributed by atoms with E-state index in [1.807, 2.05) is 0 Å². The van der Waals surface area contributed by atoms with Crippen LogP contribution < -0.4 is 4.90 Å². The van der Waals surface area contributed by atoms with Crippen molar-refractivity contribution in [1.29, 1.82) is 0 Å². The molecule has 21 heavy (non-hydrogen) atoms. The first-order valence-electron chi connectivity index (χ1n) is 6.92. The number of anilines is 1. The van der Waals surface area contributed by atoms with Gasteiger partial charge in [0.2, 0.25) is 11.8 Å². The van der Waals surface area contributed by atoms with Crippen LogP contribution in [0, 0.1) is 23.7 Å². The lowest BCUT2D eigenvalue weighted by molar-refractivity contribution is -0.123. The number of amides is 2. The summed E-state index contributed by atoms with van der Waals surface area (Å²) in [7, 11) is 0. The maximum absolute atomic E-state index is 12.8. The van der Waals surface area contributed by atoms with Crippen LogP contribution in [-0.2, 0) is 9.59 Å². The Hall–Kier alpha value is -0.390. The van der Waals surface area contributed by atoms with E-state index >= 15 is 0 Å². The Balaban J connectivity index is 1.73. The number of hydrogen-bond donors (Lipinski definition) is 0. The third kappa shape index (κ3) is 1.83. The molecule has 3 aliphatic rings. The minimum atomic E-state index is -0.170. The minimum absolute atomic E-state index is 0.0522. The van der Waals surface area contributed by atoms with Crippen molar-refractivity contribution in [3.05, 3.63) is 29.3 Å². The fourth-order valence-corrected chi connectivity index (χ4v) is 6.19. The Morgan fingerprint density at radius 1 is 0.952 bits per heavy atom. The van der Waals surface area contributed by atoms with Gasteiger partial charge in [0, 0.05) is 14.7 Å². The van der Waals surface area contributed by atoms with Gasteiger partial charge in [0.05, 0.1) is 17.5 Å². The molecular formula is C15H12Br2ClNO2. The van der Waals surface area contributed by atoms with Crippen LogP contribution in [0.15, 0.2) is 24.3 Å². The summed E-state index contributed by atoms with van der Waals surface area (Å²) >= 11 is 13.2. The van der Waals surface area contributed by atoms with Gasteiger partial charge in [-0.2, -0.15) is 0 Å². The minimum Gasteiger partial charge on any atom is -0.274 e. The largest absolute Gasteiger partial charge is 0.274 e. The van der Waals surface area contributed by atoms with Crippen LogP contribution in [0.4, 0.5) is 5.69 Å². The Morgan fingerprint density at radius 3 is 1.90 bits per heavy atom. The molecule has 0 radical (unpaired) electrons. The van der Waals surface area contributed by atoms with E-state index in [1.165, 1.54) is 4.90 Å². The van der Waals surface area contributed by atoms with Crippen LogP contribution in [0.1, 0.15) is 6.42 Å². The molecule has 6 atom stereocenters.